The molecule has 0 aromatic heterocycles. The largest absolute Gasteiger partial charge is 0.333 e. The number of halogens is 4. The zero-order chi connectivity index (χ0) is 15.6. The molecule has 1 N–H and O–H groups in total. The van der Waals surface area contributed by atoms with E-state index >= 15 is 0 Å². The number of sulfone groups is 1. The van der Waals surface area contributed by atoms with Gasteiger partial charge in [-0.25, -0.2) is 12.8 Å². The minimum absolute atomic E-state index is 0.140. The van der Waals surface area contributed by atoms with E-state index in [1.54, 1.807) is 19.1 Å². The summed E-state index contributed by atoms with van der Waals surface area (Å²) in [5, 5.41) is -0.0211. The molecule has 0 aliphatic rings. The predicted molar refractivity (Wildman–Crippen MR) is 76.6 cm³/mol. The fourth-order valence-electron chi connectivity index (χ4n) is 1.38. The number of nitrogens with one attached hydrogen (secondary N) is 1. The molecule has 20 heavy (non-hydrogen) atoms. The molecule has 4 nitrogen and oxygen atoms in total. The summed E-state index contributed by atoms with van der Waals surface area (Å²) in [7, 11) is -4.18. The molecule has 0 fully saturated rings. The van der Waals surface area contributed by atoms with E-state index in [1.165, 1.54) is 12.1 Å². The molecule has 0 radical (unpaired) electrons. The zero-order valence-corrected chi connectivity index (χ0v) is 13.3. The van der Waals surface area contributed by atoms with Gasteiger partial charge in [0.1, 0.15) is 0 Å². The highest BCUT2D eigenvalue weighted by Crippen LogP contribution is 2.35. The van der Waals surface area contributed by atoms with E-state index in [0.717, 1.165) is 5.56 Å². The van der Waals surface area contributed by atoms with Crippen LogP contribution in [0.4, 0.5) is 4.39 Å². The van der Waals surface area contributed by atoms with Crippen LogP contribution in [-0.2, 0) is 14.6 Å². The van der Waals surface area contributed by atoms with Gasteiger partial charge in [0.2, 0.25) is 13.6 Å². The van der Waals surface area contributed by atoms with E-state index < -0.39 is 31.6 Å². The van der Waals surface area contributed by atoms with Gasteiger partial charge in [-0.3, -0.25) is 4.79 Å². The van der Waals surface area contributed by atoms with Crippen LogP contribution in [0.5, 0.6) is 0 Å². The van der Waals surface area contributed by atoms with Crippen molar-refractivity contribution in [3.63, 3.8) is 0 Å². The Balaban J connectivity index is 3.24. The maximum Gasteiger partial charge on any atom is 0.252 e. The van der Waals surface area contributed by atoms with Crippen molar-refractivity contribution >= 4 is 50.5 Å². The third-order valence-corrected chi connectivity index (χ3v) is 5.43. The second-order valence-corrected chi connectivity index (χ2v) is 8.38. The molecule has 1 atom stereocenters. The quantitative estimate of drug-likeness (QED) is 0.837. The molecule has 0 bridgehead atoms. The van der Waals surface area contributed by atoms with Crippen molar-refractivity contribution in [2.24, 2.45) is 0 Å². The van der Waals surface area contributed by atoms with E-state index in [1.807, 2.05) is 5.32 Å². The summed E-state index contributed by atoms with van der Waals surface area (Å²) in [5.41, 5.74) is 0.835. The second kappa shape index (κ2) is 6.47. The molecule has 112 valence electrons. The van der Waals surface area contributed by atoms with Gasteiger partial charge in [0, 0.05) is 0 Å². The maximum atomic E-state index is 12.4. The van der Waals surface area contributed by atoms with Gasteiger partial charge in [-0.1, -0.05) is 52.5 Å². The van der Waals surface area contributed by atoms with Gasteiger partial charge < -0.3 is 5.32 Å². The summed E-state index contributed by atoms with van der Waals surface area (Å²) in [6.07, 6.45) is 0. The maximum absolute atomic E-state index is 12.4. The molecule has 1 amide bonds. The number of hydrogen-bond acceptors (Lipinski definition) is 3. The Labute approximate surface area is 131 Å². The summed E-state index contributed by atoms with van der Waals surface area (Å²) in [4.78, 5) is 10.9. The van der Waals surface area contributed by atoms with E-state index in [-0.39, 0.29) is 4.90 Å². The second-order valence-electron chi connectivity index (χ2n) is 3.98. The fraction of sp³-hybridized carbons (Fsp3) is 0.364. The van der Waals surface area contributed by atoms with E-state index in [0.29, 0.717) is 0 Å². The molecule has 9 heteroatoms. The number of aryl methyl sites for hydroxylation is 1. The first-order chi connectivity index (χ1) is 9.09. The molecular weight excluding hydrogens is 352 g/mol. The fourth-order valence-corrected chi connectivity index (χ4v) is 4.03. The van der Waals surface area contributed by atoms with Crippen LogP contribution < -0.4 is 5.32 Å². The number of benzene rings is 1. The lowest BCUT2D eigenvalue weighted by atomic mass is 10.2. The lowest BCUT2D eigenvalue weighted by Gasteiger charge is -2.25. The van der Waals surface area contributed by atoms with Crippen LogP contribution in [0.3, 0.4) is 0 Å². The van der Waals surface area contributed by atoms with Crippen LogP contribution >= 0.6 is 34.8 Å². The van der Waals surface area contributed by atoms with Crippen molar-refractivity contribution in [3.05, 3.63) is 29.8 Å². The van der Waals surface area contributed by atoms with Gasteiger partial charge in [0.25, 0.3) is 5.91 Å². The summed E-state index contributed by atoms with van der Waals surface area (Å²) >= 11 is 16.7. The van der Waals surface area contributed by atoms with Gasteiger partial charge in [0.15, 0.2) is 12.0 Å². The molecule has 0 spiro atoms. The lowest BCUT2D eigenvalue weighted by Crippen LogP contribution is -2.49. The highest BCUT2D eigenvalue weighted by molar-refractivity contribution is 7.92. The van der Waals surface area contributed by atoms with Crippen LogP contribution in [0, 0.1) is 6.92 Å². The third-order valence-electron chi connectivity index (χ3n) is 2.37. The van der Waals surface area contributed by atoms with Crippen LogP contribution in [0.25, 0.3) is 0 Å². The van der Waals surface area contributed by atoms with Crippen molar-refractivity contribution in [1.82, 2.24) is 5.32 Å². The molecule has 1 aromatic rings. The monoisotopic (exact) mass is 361 g/mol. The molecule has 0 aliphatic carbocycles. The van der Waals surface area contributed by atoms with E-state index in [2.05, 4.69) is 0 Å². The van der Waals surface area contributed by atoms with Gasteiger partial charge in [-0.05, 0) is 19.1 Å². The first-order valence-corrected chi connectivity index (χ1v) is 7.99. The van der Waals surface area contributed by atoms with E-state index in [4.69, 9.17) is 34.8 Å². The van der Waals surface area contributed by atoms with Gasteiger partial charge in [-0.2, -0.15) is 0 Å². The molecule has 0 saturated heterocycles. The van der Waals surface area contributed by atoms with Crippen molar-refractivity contribution in [2.45, 2.75) is 21.0 Å². The molecular formula is C11H11Cl3FNO3S. The summed E-state index contributed by atoms with van der Waals surface area (Å²) in [6.45, 7) is 0.356. The smallest absolute Gasteiger partial charge is 0.252 e. The SMILES string of the molecule is Cc1ccc(S(=O)(=O)[C@H](NC(=O)CF)C(Cl)(Cl)Cl)cc1. The summed E-state index contributed by atoms with van der Waals surface area (Å²) in [5.74, 6) is -1.18. The number of rotatable bonds is 4. The molecule has 1 aromatic carbocycles. The van der Waals surface area contributed by atoms with Crippen LogP contribution in [-0.4, -0.2) is 30.2 Å². The lowest BCUT2D eigenvalue weighted by molar-refractivity contribution is -0.122. The Hall–Kier alpha value is -0.560. The predicted octanol–water partition coefficient (Wildman–Crippen LogP) is 2.55. The van der Waals surface area contributed by atoms with Crippen molar-refractivity contribution in [2.75, 3.05) is 6.67 Å². The van der Waals surface area contributed by atoms with Gasteiger partial charge in [0.05, 0.1) is 4.90 Å². The number of alkyl halides is 4. The molecule has 0 saturated carbocycles. The van der Waals surface area contributed by atoms with Crippen LogP contribution in [0.2, 0.25) is 0 Å². The Kier molecular flexibility index (Phi) is 5.66. The van der Waals surface area contributed by atoms with Crippen molar-refractivity contribution < 1.29 is 17.6 Å². The number of hydrogen-bond donors (Lipinski definition) is 1. The minimum Gasteiger partial charge on any atom is -0.333 e. The Morgan fingerprint density at radius 3 is 2.20 bits per heavy atom. The third kappa shape index (κ3) is 4.22. The number of carbonyl (C=O) groups excluding carboxylic acids is 1. The Morgan fingerprint density at radius 1 is 1.30 bits per heavy atom. The summed E-state index contributed by atoms with van der Waals surface area (Å²) < 4.78 is 34.6. The zero-order valence-electron chi connectivity index (χ0n) is 10.2. The number of amides is 1. The standard InChI is InChI=1S/C11H11Cl3FNO3S/c1-7-2-4-8(5-3-7)20(18,19)10(11(12,13)14)16-9(17)6-15/h2-5,10H,6H2,1H3,(H,16,17)/t10-/m0/s1. The average molecular weight is 363 g/mol. The molecule has 0 unspecified atom stereocenters. The first kappa shape index (κ1) is 17.5. The minimum atomic E-state index is -4.18. The highest BCUT2D eigenvalue weighted by Gasteiger charge is 2.44. The molecule has 0 heterocycles. The normalized spacial score (nSPS) is 13.8. The molecule has 0 aliphatic heterocycles. The molecule has 1 rings (SSSR count). The number of carbonyl (C=O) groups is 1. The van der Waals surface area contributed by atoms with Crippen molar-refractivity contribution in [1.29, 1.82) is 0 Å². The van der Waals surface area contributed by atoms with Crippen LogP contribution in [0.15, 0.2) is 29.2 Å². The summed E-state index contributed by atoms with van der Waals surface area (Å²) in [6, 6.07) is 5.74. The van der Waals surface area contributed by atoms with Gasteiger partial charge in [-0.15, -0.1) is 0 Å². The Morgan fingerprint density at radius 2 is 1.80 bits per heavy atom. The topological polar surface area (TPSA) is 63.2 Å². The average Bonchev–Trinajstić information content (AvgIpc) is 2.34. The van der Waals surface area contributed by atoms with Crippen LogP contribution in [0.1, 0.15) is 5.56 Å². The van der Waals surface area contributed by atoms with Crippen molar-refractivity contribution in [3.8, 4) is 0 Å². The first-order valence-electron chi connectivity index (χ1n) is 5.31. The Bertz CT molecular complexity index is 584. The highest BCUT2D eigenvalue weighted by atomic mass is 35.6. The van der Waals surface area contributed by atoms with E-state index in [9.17, 15) is 17.6 Å². The van der Waals surface area contributed by atoms with Gasteiger partial charge >= 0.3 is 0 Å².